The van der Waals surface area contributed by atoms with E-state index in [0.29, 0.717) is 5.13 Å². The highest BCUT2D eigenvalue weighted by molar-refractivity contribution is 7.13. The van der Waals surface area contributed by atoms with Crippen molar-refractivity contribution in [2.24, 2.45) is 5.73 Å². The molecule has 1 aromatic heterocycles. The summed E-state index contributed by atoms with van der Waals surface area (Å²) < 4.78 is 0. The standard InChI is InChI=1S/C10H15N3O3S/c1-5(2)7-4-17-10(12-7)13-9(16)6(11)3-8(14)15/h4-6H,3,11H2,1-2H3,(H,14,15)(H,12,13,16). The number of carbonyl (C=O) groups is 2. The van der Waals surface area contributed by atoms with Gasteiger partial charge in [-0.2, -0.15) is 0 Å². The lowest BCUT2D eigenvalue weighted by molar-refractivity contribution is -0.138. The molecule has 7 heteroatoms. The van der Waals surface area contributed by atoms with Crippen molar-refractivity contribution < 1.29 is 14.7 Å². The van der Waals surface area contributed by atoms with Crippen LogP contribution in [0.5, 0.6) is 0 Å². The van der Waals surface area contributed by atoms with E-state index in [-0.39, 0.29) is 5.92 Å². The van der Waals surface area contributed by atoms with E-state index >= 15 is 0 Å². The highest BCUT2D eigenvalue weighted by atomic mass is 32.1. The maximum absolute atomic E-state index is 11.5. The summed E-state index contributed by atoms with van der Waals surface area (Å²) >= 11 is 1.30. The summed E-state index contributed by atoms with van der Waals surface area (Å²) in [6.45, 7) is 3.99. The lowest BCUT2D eigenvalue weighted by atomic mass is 10.2. The fourth-order valence-corrected chi connectivity index (χ4v) is 1.96. The van der Waals surface area contributed by atoms with E-state index in [1.165, 1.54) is 11.3 Å². The molecule has 0 aromatic carbocycles. The SMILES string of the molecule is CC(C)c1csc(NC(=O)C(N)CC(=O)O)n1. The second kappa shape index (κ2) is 5.74. The maximum atomic E-state index is 11.5. The first-order valence-corrected chi connectivity index (χ1v) is 6.01. The molecule has 1 heterocycles. The first kappa shape index (κ1) is 13.6. The van der Waals surface area contributed by atoms with E-state index in [2.05, 4.69) is 10.3 Å². The Kier molecular flexibility index (Phi) is 4.59. The second-order valence-electron chi connectivity index (χ2n) is 3.93. The van der Waals surface area contributed by atoms with E-state index < -0.39 is 24.3 Å². The predicted molar refractivity (Wildman–Crippen MR) is 65.1 cm³/mol. The molecule has 0 aliphatic carbocycles. The quantitative estimate of drug-likeness (QED) is 0.730. The number of aromatic nitrogens is 1. The van der Waals surface area contributed by atoms with Crippen molar-refractivity contribution in [1.82, 2.24) is 4.98 Å². The number of nitrogens with two attached hydrogens (primary N) is 1. The van der Waals surface area contributed by atoms with E-state index in [0.717, 1.165) is 5.69 Å². The number of rotatable bonds is 5. The molecule has 6 nitrogen and oxygen atoms in total. The molecule has 1 amide bonds. The number of nitrogens with zero attached hydrogens (tertiary/aromatic N) is 1. The molecular formula is C10H15N3O3S. The molecule has 0 aliphatic heterocycles. The molecule has 1 aromatic rings. The summed E-state index contributed by atoms with van der Waals surface area (Å²) in [6, 6.07) is -1.06. The lowest BCUT2D eigenvalue weighted by Crippen LogP contribution is -2.37. The van der Waals surface area contributed by atoms with Crippen molar-refractivity contribution in [3.63, 3.8) is 0 Å². The number of carboxylic acid groups (broad SMARTS) is 1. The van der Waals surface area contributed by atoms with E-state index in [1.54, 1.807) is 0 Å². The number of carboxylic acids is 1. The van der Waals surface area contributed by atoms with Crippen LogP contribution < -0.4 is 11.1 Å². The van der Waals surface area contributed by atoms with Crippen LogP contribution in [0, 0.1) is 0 Å². The fourth-order valence-electron chi connectivity index (χ4n) is 1.09. The van der Waals surface area contributed by atoms with E-state index in [1.807, 2.05) is 19.2 Å². The number of anilines is 1. The summed E-state index contributed by atoms with van der Waals surface area (Å²) in [5, 5.41) is 13.3. The summed E-state index contributed by atoms with van der Waals surface area (Å²) in [7, 11) is 0. The van der Waals surface area contributed by atoms with Gasteiger partial charge in [0, 0.05) is 5.38 Å². The number of aliphatic carboxylic acids is 1. The molecular weight excluding hydrogens is 242 g/mol. The zero-order chi connectivity index (χ0) is 13.0. The highest BCUT2D eigenvalue weighted by Gasteiger charge is 2.18. The second-order valence-corrected chi connectivity index (χ2v) is 4.78. The molecule has 0 saturated heterocycles. The van der Waals surface area contributed by atoms with Crippen molar-refractivity contribution in [3.05, 3.63) is 11.1 Å². The zero-order valence-electron chi connectivity index (χ0n) is 9.64. The van der Waals surface area contributed by atoms with Crippen LogP contribution in [-0.2, 0) is 9.59 Å². The molecule has 0 spiro atoms. The Bertz CT molecular complexity index is 417. The minimum atomic E-state index is -1.10. The third-order valence-corrected chi connectivity index (χ3v) is 2.85. The van der Waals surface area contributed by atoms with Crippen LogP contribution in [0.2, 0.25) is 0 Å². The summed E-state index contributed by atoms with van der Waals surface area (Å²) in [5.74, 6) is -1.35. The Morgan fingerprint density at radius 2 is 2.24 bits per heavy atom. The first-order valence-electron chi connectivity index (χ1n) is 5.13. The zero-order valence-corrected chi connectivity index (χ0v) is 10.5. The number of hydrogen-bond acceptors (Lipinski definition) is 5. The Balaban J connectivity index is 2.58. The molecule has 1 atom stereocenters. The number of nitrogens with one attached hydrogen (secondary N) is 1. The Hall–Kier alpha value is -1.47. The summed E-state index contributed by atoms with van der Waals surface area (Å²) in [5.41, 5.74) is 6.30. The smallest absolute Gasteiger partial charge is 0.305 e. The third kappa shape index (κ3) is 4.12. The van der Waals surface area contributed by atoms with Gasteiger partial charge in [-0.25, -0.2) is 4.98 Å². The fraction of sp³-hybridized carbons (Fsp3) is 0.500. The number of amides is 1. The Morgan fingerprint density at radius 1 is 1.59 bits per heavy atom. The Labute approximate surface area is 103 Å². The van der Waals surface area contributed by atoms with Crippen LogP contribution in [-0.4, -0.2) is 28.0 Å². The normalized spacial score (nSPS) is 12.5. The van der Waals surface area contributed by atoms with Gasteiger partial charge in [-0.15, -0.1) is 11.3 Å². The van der Waals surface area contributed by atoms with Gasteiger partial charge in [0.05, 0.1) is 18.2 Å². The van der Waals surface area contributed by atoms with Gasteiger partial charge in [0.25, 0.3) is 0 Å². The van der Waals surface area contributed by atoms with Gasteiger partial charge in [-0.05, 0) is 5.92 Å². The Morgan fingerprint density at radius 3 is 2.71 bits per heavy atom. The topological polar surface area (TPSA) is 105 Å². The average Bonchev–Trinajstić information content (AvgIpc) is 2.65. The third-order valence-electron chi connectivity index (χ3n) is 2.07. The first-order chi connectivity index (χ1) is 7.90. The van der Waals surface area contributed by atoms with Crippen molar-refractivity contribution in [1.29, 1.82) is 0 Å². The lowest BCUT2D eigenvalue weighted by Gasteiger charge is -2.07. The molecule has 1 unspecified atom stereocenters. The van der Waals surface area contributed by atoms with Gasteiger partial charge in [0.2, 0.25) is 5.91 Å². The molecule has 0 aliphatic rings. The minimum absolute atomic E-state index is 0.282. The number of hydrogen-bond donors (Lipinski definition) is 3. The monoisotopic (exact) mass is 257 g/mol. The summed E-state index contributed by atoms with van der Waals surface area (Å²) in [6.07, 6.45) is -0.395. The predicted octanol–water partition coefficient (Wildman–Crippen LogP) is 1.01. The van der Waals surface area contributed by atoms with Gasteiger partial charge in [0.15, 0.2) is 5.13 Å². The van der Waals surface area contributed by atoms with Crippen LogP contribution in [0.15, 0.2) is 5.38 Å². The molecule has 0 radical (unpaired) electrons. The van der Waals surface area contributed by atoms with Crippen molar-refractivity contribution in [2.45, 2.75) is 32.2 Å². The molecule has 0 bridgehead atoms. The summed E-state index contributed by atoms with van der Waals surface area (Å²) in [4.78, 5) is 26.1. The molecule has 4 N–H and O–H groups in total. The minimum Gasteiger partial charge on any atom is -0.481 e. The van der Waals surface area contributed by atoms with Crippen LogP contribution in [0.4, 0.5) is 5.13 Å². The van der Waals surface area contributed by atoms with Crippen LogP contribution in [0.25, 0.3) is 0 Å². The van der Waals surface area contributed by atoms with Crippen LogP contribution >= 0.6 is 11.3 Å². The maximum Gasteiger partial charge on any atom is 0.305 e. The molecule has 0 fully saturated rings. The van der Waals surface area contributed by atoms with Gasteiger partial charge in [0.1, 0.15) is 0 Å². The van der Waals surface area contributed by atoms with Crippen molar-refractivity contribution >= 4 is 28.3 Å². The average molecular weight is 257 g/mol. The van der Waals surface area contributed by atoms with Gasteiger partial charge >= 0.3 is 5.97 Å². The van der Waals surface area contributed by atoms with Gasteiger partial charge in [-0.1, -0.05) is 13.8 Å². The van der Waals surface area contributed by atoms with E-state index in [4.69, 9.17) is 10.8 Å². The van der Waals surface area contributed by atoms with Crippen LogP contribution in [0.1, 0.15) is 31.9 Å². The number of carbonyl (C=O) groups excluding carboxylic acids is 1. The largest absolute Gasteiger partial charge is 0.481 e. The molecule has 94 valence electrons. The number of thiazole rings is 1. The molecule has 0 saturated carbocycles. The van der Waals surface area contributed by atoms with Crippen LogP contribution in [0.3, 0.4) is 0 Å². The van der Waals surface area contributed by atoms with Crippen molar-refractivity contribution in [2.75, 3.05) is 5.32 Å². The molecule has 1 rings (SSSR count). The highest BCUT2D eigenvalue weighted by Crippen LogP contribution is 2.21. The van der Waals surface area contributed by atoms with E-state index in [9.17, 15) is 9.59 Å². The molecule has 17 heavy (non-hydrogen) atoms. The van der Waals surface area contributed by atoms with Gasteiger partial charge < -0.3 is 16.2 Å². The van der Waals surface area contributed by atoms with Gasteiger partial charge in [-0.3, -0.25) is 9.59 Å². The van der Waals surface area contributed by atoms with Crippen molar-refractivity contribution in [3.8, 4) is 0 Å².